The summed E-state index contributed by atoms with van der Waals surface area (Å²) in [6.07, 6.45) is 5.40. The summed E-state index contributed by atoms with van der Waals surface area (Å²) in [7, 11) is 1.82. The first-order valence-corrected chi connectivity index (χ1v) is 6.95. The molecular formula is C13H20N4O2. The molecule has 3 rings (SSSR count). The van der Waals surface area contributed by atoms with Crippen molar-refractivity contribution in [3.63, 3.8) is 0 Å². The summed E-state index contributed by atoms with van der Waals surface area (Å²) in [6.45, 7) is 0.745. The summed E-state index contributed by atoms with van der Waals surface area (Å²) in [5.74, 6) is 1.38. The lowest BCUT2D eigenvalue weighted by molar-refractivity contribution is -0.132. The molecule has 1 amide bonds. The molecule has 0 aromatic carbocycles. The van der Waals surface area contributed by atoms with E-state index in [0.29, 0.717) is 18.1 Å². The van der Waals surface area contributed by atoms with Crippen LogP contribution in [0, 0.1) is 0 Å². The minimum absolute atomic E-state index is 0.0509. The normalized spacial score (nSPS) is 26.9. The van der Waals surface area contributed by atoms with Crippen LogP contribution in [-0.2, 0) is 10.3 Å². The molecule has 6 heteroatoms. The highest BCUT2D eigenvalue weighted by Crippen LogP contribution is 2.36. The maximum atomic E-state index is 11.7. The molecule has 2 heterocycles. The highest BCUT2D eigenvalue weighted by Gasteiger charge is 2.37. The first-order valence-electron chi connectivity index (χ1n) is 6.95. The summed E-state index contributed by atoms with van der Waals surface area (Å²) in [5, 5.41) is 4.05. The van der Waals surface area contributed by atoms with E-state index in [0.717, 1.165) is 38.6 Å². The number of hydrogen-bond acceptors (Lipinski definition) is 5. The van der Waals surface area contributed by atoms with Gasteiger partial charge in [-0.1, -0.05) is 18.0 Å². The lowest BCUT2D eigenvalue weighted by Gasteiger charge is -2.26. The quantitative estimate of drug-likeness (QED) is 0.865. The van der Waals surface area contributed by atoms with Crippen molar-refractivity contribution in [2.24, 2.45) is 5.73 Å². The molecule has 1 aliphatic heterocycles. The number of rotatable bonds is 2. The Kier molecular flexibility index (Phi) is 3.05. The van der Waals surface area contributed by atoms with E-state index >= 15 is 0 Å². The van der Waals surface area contributed by atoms with Gasteiger partial charge in [0.1, 0.15) is 0 Å². The summed E-state index contributed by atoms with van der Waals surface area (Å²) in [6, 6.07) is 0. The number of piperidine rings is 1. The van der Waals surface area contributed by atoms with Crippen molar-refractivity contribution in [2.45, 2.75) is 50.0 Å². The van der Waals surface area contributed by atoms with Gasteiger partial charge in [0.25, 0.3) is 0 Å². The van der Waals surface area contributed by atoms with Gasteiger partial charge in [-0.15, -0.1) is 0 Å². The third-order valence-corrected chi connectivity index (χ3v) is 4.39. The van der Waals surface area contributed by atoms with E-state index in [2.05, 4.69) is 10.1 Å². The number of carbonyl (C=O) groups excluding carboxylic acids is 1. The molecule has 19 heavy (non-hydrogen) atoms. The Morgan fingerprint density at radius 1 is 1.42 bits per heavy atom. The average Bonchev–Trinajstić information content (AvgIpc) is 3.02. The molecule has 0 spiro atoms. The minimum Gasteiger partial charge on any atom is -0.346 e. The van der Waals surface area contributed by atoms with Gasteiger partial charge < -0.3 is 15.2 Å². The maximum absolute atomic E-state index is 11.7. The largest absolute Gasteiger partial charge is 0.346 e. The Morgan fingerprint density at radius 3 is 2.84 bits per heavy atom. The van der Waals surface area contributed by atoms with Crippen LogP contribution >= 0.6 is 0 Å². The van der Waals surface area contributed by atoms with Gasteiger partial charge in [-0.2, -0.15) is 4.98 Å². The molecule has 2 N–H and O–H groups in total. The van der Waals surface area contributed by atoms with Gasteiger partial charge in [-0.3, -0.25) is 4.79 Å². The zero-order chi connectivity index (χ0) is 13.5. The molecule has 2 fully saturated rings. The number of hydrogen-bond donors (Lipinski definition) is 1. The highest BCUT2D eigenvalue weighted by molar-refractivity contribution is 5.77. The monoisotopic (exact) mass is 264 g/mol. The average molecular weight is 264 g/mol. The van der Waals surface area contributed by atoms with E-state index in [9.17, 15) is 4.79 Å². The molecular weight excluding hydrogens is 244 g/mol. The zero-order valence-electron chi connectivity index (χ0n) is 11.3. The lowest BCUT2D eigenvalue weighted by Crippen LogP contribution is -2.35. The van der Waals surface area contributed by atoms with Gasteiger partial charge in [0.05, 0.1) is 5.54 Å². The first kappa shape index (κ1) is 12.6. The number of nitrogens with two attached hydrogens (primary N) is 1. The fourth-order valence-electron chi connectivity index (χ4n) is 2.99. The van der Waals surface area contributed by atoms with E-state index < -0.39 is 5.54 Å². The minimum atomic E-state index is -0.419. The summed E-state index contributed by atoms with van der Waals surface area (Å²) < 4.78 is 5.35. The molecule has 1 saturated carbocycles. The molecule has 1 atom stereocenters. The van der Waals surface area contributed by atoms with Gasteiger partial charge in [0.2, 0.25) is 11.8 Å². The maximum Gasteiger partial charge on any atom is 0.230 e. The number of aromatic nitrogens is 2. The van der Waals surface area contributed by atoms with Crippen LogP contribution in [0.5, 0.6) is 0 Å². The van der Waals surface area contributed by atoms with Gasteiger partial charge in [0.15, 0.2) is 5.82 Å². The molecule has 2 aliphatic rings. The Labute approximate surface area is 112 Å². The first-order chi connectivity index (χ1) is 9.08. The highest BCUT2D eigenvalue weighted by atomic mass is 16.5. The Bertz CT molecular complexity index is 479. The van der Waals surface area contributed by atoms with E-state index in [-0.39, 0.29) is 11.8 Å². The molecule has 1 saturated heterocycles. The zero-order valence-corrected chi connectivity index (χ0v) is 11.3. The topological polar surface area (TPSA) is 85.2 Å². The van der Waals surface area contributed by atoms with Crippen LogP contribution in [0.2, 0.25) is 0 Å². The standard InChI is InChI=1S/C13H20N4O2/c1-17-7-4-9(8-10(17)18)11-15-12(16-19-11)13(14)5-2-3-6-13/h9H,2-8,14H2,1H3. The van der Waals surface area contributed by atoms with Crippen LogP contribution in [-0.4, -0.2) is 34.5 Å². The summed E-state index contributed by atoms with van der Waals surface area (Å²) in [5.41, 5.74) is 5.89. The third kappa shape index (κ3) is 2.25. The second kappa shape index (κ2) is 4.59. The second-order valence-corrected chi connectivity index (χ2v) is 5.82. The molecule has 1 aromatic heterocycles. The van der Waals surface area contributed by atoms with Crippen molar-refractivity contribution in [3.8, 4) is 0 Å². The van der Waals surface area contributed by atoms with Crippen LogP contribution in [0.15, 0.2) is 4.52 Å². The lowest BCUT2D eigenvalue weighted by atomic mass is 9.96. The SMILES string of the molecule is CN1CCC(c2nc(C3(N)CCCC3)no2)CC1=O. The van der Waals surface area contributed by atoms with Crippen LogP contribution in [0.4, 0.5) is 0 Å². The van der Waals surface area contributed by atoms with Crippen LogP contribution in [0.25, 0.3) is 0 Å². The third-order valence-electron chi connectivity index (χ3n) is 4.39. The van der Waals surface area contributed by atoms with Crippen LogP contribution in [0.1, 0.15) is 56.2 Å². The molecule has 1 aromatic rings. The van der Waals surface area contributed by atoms with Crippen molar-refractivity contribution in [3.05, 3.63) is 11.7 Å². The Morgan fingerprint density at radius 2 is 2.16 bits per heavy atom. The van der Waals surface area contributed by atoms with E-state index in [1.54, 1.807) is 4.90 Å². The van der Waals surface area contributed by atoms with Crippen molar-refractivity contribution in [2.75, 3.05) is 13.6 Å². The fourth-order valence-corrected chi connectivity index (χ4v) is 2.99. The summed E-state index contributed by atoms with van der Waals surface area (Å²) in [4.78, 5) is 17.9. The van der Waals surface area contributed by atoms with Crippen LogP contribution in [0.3, 0.4) is 0 Å². The number of carbonyl (C=O) groups is 1. The molecule has 104 valence electrons. The Hall–Kier alpha value is -1.43. The van der Waals surface area contributed by atoms with Gasteiger partial charge in [0, 0.05) is 25.9 Å². The van der Waals surface area contributed by atoms with E-state index in [1.165, 1.54) is 0 Å². The van der Waals surface area contributed by atoms with Crippen LogP contribution < -0.4 is 5.73 Å². The number of amides is 1. The van der Waals surface area contributed by atoms with Crippen molar-refractivity contribution in [1.29, 1.82) is 0 Å². The van der Waals surface area contributed by atoms with Crippen molar-refractivity contribution < 1.29 is 9.32 Å². The molecule has 0 bridgehead atoms. The van der Waals surface area contributed by atoms with Gasteiger partial charge in [-0.05, 0) is 19.3 Å². The van der Waals surface area contributed by atoms with E-state index in [1.807, 2.05) is 7.05 Å². The summed E-state index contributed by atoms with van der Waals surface area (Å²) >= 11 is 0. The van der Waals surface area contributed by atoms with Crippen molar-refractivity contribution >= 4 is 5.91 Å². The molecule has 1 aliphatic carbocycles. The predicted molar refractivity (Wildman–Crippen MR) is 68.2 cm³/mol. The van der Waals surface area contributed by atoms with Gasteiger partial charge in [-0.25, -0.2) is 0 Å². The molecule has 0 radical (unpaired) electrons. The van der Waals surface area contributed by atoms with E-state index in [4.69, 9.17) is 10.3 Å². The fraction of sp³-hybridized carbons (Fsp3) is 0.769. The second-order valence-electron chi connectivity index (χ2n) is 5.82. The smallest absolute Gasteiger partial charge is 0.230 e. The van der Waals surface area contributed by atoms with Gasteiger partial charge >= 0.3 is 0 Å². The van der Waals surface area contributed by atoms with Crippen molar-refractivity contribution in [1.82, 2.24) is 15.0 Å². The molecule has 6 nitrogen and oxygen atoms in total. The Balaban J connectivity index is 1.76. The molecule has 1 unspecified atom stereocenters. The predicted octanol–water partition coefficient (Wildman–Crippen LogP) is 1.13. The number of likely N-dealkylation sites (tertiary alicyclic amines) is 1. The number of nitrogens with zero attached hydrogens (tertiary/aromatic N) is 3.